The van der Waals surface area contributed by atoms with E-state index in [1.165, 1.54) is 6.92 Å². The van der Waals surface area contributed by atoms with Gasteiger partial charge in [0.1, 0.15) is 18.3 Å². The number of ether oxygens (including phenoxy) is 3. The summed E-state index contributed by atoms with van der Waals surface area (Å²) in [5, 5.41) is 29.2. The third-order valence-corrected chi connectivity index (χ3v) is 3.40. The van der Waals surface area contributed by atoms with Crippen molar-refractivity contribution in [3.63, 3.8) is 0 Å². The molecule has 1 aliphatic rings. The average molecular weight is 312 g/mol. The Labute approximate surface area is 128 Å². The van der Waals surface area contributed by atoms with Crippen LogP contribution in [0.1, 0.15) is 12.5 Å². The van der Waals surface area contributed by atoms with E-state index in [9.17, 15) is 15.0 Å². The van der Waals surface area contributed by atoms with E-state index in [0.29, 0.717) is 0 Å². The van der Waals surface area contributed by atoms with Crippen molar-refractivity contribution < 1.29 is 34.3 Å². The smallest absolute Gasteiger partial charge is 0.303 e. The molecule has 3 N–H and O–H groups in total. The molecule has 122 valence electrons. The highest BCUT2D eigenvalue weighted by Crippen LogP contribution is 2.25. The maximum absolute atomic E-state index is 11.2. The van der Waals surface area contributed by atoms with Crippen LogP contribution in [0.4, 0.5) is 0 Å². The van der Waals surface area contributed by atoms with E-state index in [1.807, 2.05) is 30.3 Å². The number of esters is 1. The fourth-order valence-corrected chi connectivity index (χ4v) is 2.33. The monoisotopic (exact) mass is 312 g/mol. The van der Waals surface area contributed by atoms with Crippen LogP contribution in [-0.2, 0) is 25.6 Å². The van der Waals surface area contributed by atoms with Crippen LogP contribution in [0.25, 0.3) is 0 Å². The van der Waals surface area contributed by atoms with Gasteiger partial charge >= 0.3 is 5.97 Å². The third kappa shape index (κ3) is 4.02. The van der Waals surface area contributed by atoms with E-state index in [4.69, 9.17) is 19.3 Å². The van der Waals surface area contributed by atoms with Gasteiger partial charge in [-0.1, -0.05) is 30.3 Å². The summed E-state index contributed by atoms with van der Waals surface area (Å²) in [7, 11) is 0. The minimum absolute atomic E-state index is 0.153. The Morgan fingerprint density at radius 3 is 2.50 bits per heavy atom. The normalized spacial score (nSPS) is 31.7. The van der Waals surface area contributed by atoms with Gasteiger partial charge in [-0.05, 0) is 5.56 Å². The number of aliphatic hydroxyl groups excluding tert-OH is 3. The van der Waals surface area contributed by atoms with E-state index in [1.54, 1.807) is 0 Å². The Bertz CT molecular complexity index is 478. The number of benzene rings is 1. The van der Waals surface area contributed by atoms with Gasteiger partial charge in [-0.15, -0.1) is 0 Å². The van der Waals surface area contributed by atoms with Crippen LogP contribution in [-0.4, -0.2) is 58.6 Å². The number of hydrogen-bond donors (Lipinski definition) is 3. The molecule has 5 atom stereocenters. The first-order valence-electron chi connectivity index (χ1n) is 6.98. The Kier molecular flexibility index (Phi) is 5.87. The number of hydrogen-bond acceptors (Lipinski definition) is 7. The lowest BCUT2D eigenvalue weighted by molar-refractivity contribution is -0.300. The number of carbonyl (C=O) groups excluding carboxylic acids is 1. The van der Waals surface area contributed by atoms with Crippen molar-refractivity contribution in [1.29, 1.82) is 0 Å². The molecule has 7 heteroatoms. The van der Waals surface area contributed by atoms with Crippen LogP contribution in [0.5, 0.6) is 0 Å². The van der Waals surface area contributed by atoms with Crippen LogP contribution in [0, 0.1) is 0 Å². The van der Waals surface area contributed by atoms with Gasteiger partial charge in [-0.3, -0.25) is 4.79 Å². The predicted molar refractivity (Wildman–Crippen MR) is 74.5 cm³/mol. The molecule has 1 aromatic carbocycles. The highest BCUT2D eigenvalue weighted by Gasteiger charge is 2.47. The SMILES string of the molecule is CC(=O)O[C@H]1[C@H](O)[C@@H](CO)O[C@@H](O)[C@@H]1OCc1ccccc1. The molecular formula is C15H20O7. The van der Waals surface area contributed by atoms with Gasteiger partial charge in [-0.2, -0.15) is 0 Å². The maximum atomic E-state index is 11.2. The second kappa shape index (κ2) is 7.66. The zero-order valence-corrected chi connectivity index (χ0v) is 12.2. The summed E-state index contributed by atoms with van der Waals surface area (Å²) < 4.78 is 15.7. The summed E-state index contributed by atoms with van der Waals surface area (Å²) in [6.45, 7) is 0.832. The largest absolute Gasteiger partial charge is 0.457 e. The fraction of sp³-hybridized carbons (Fsp3) is 0.533. The summed E-state index contributed by atoms with van der Waals surface area (Å²) in [5.74, 6) is -0.622. The van der Waals surface area contributed by atoms with Gasteiger partial charge in [0.2, 0.25) is 0 Å². The zero-order valence-electron chi connectivity index (χ0n) is 12.2. The molecule has 1 aliphatic heterocycles. The lowest BCUT2D eigenvalue weighted by Gasteiger charge is -2.41. The van der Waals surface area contributed by atoms with Crippen molar-refractivity contribution in [2.75, 3.05) is 6.61 Å². The van der Waals surface area contributed by atoms with Crippen molar-refractivity contribution in [3.05, 3.63) is 35.9 Å². The summed E-state index contributed by atoms with van der Waals surface area (Å²) >= 11 is 0. The molecule has 0 bridgehead atoms. The maximum Gasteiger partial charge on any atom is 0.303 e. The molecular weight excluding hydrogens is 292 g/mol. The molecule has 1 aromatic rings. The van der Waals surface area contributed by atoms with E-state index >= 15 is 0 Å². The molecule has 0 aromatic heterocycles. The van der Waals surface area contributed by atoms with Crippen LogP contribution < -0.4 is 0 Å². The fourth-order valence-electron chi connectivity index (χ4n) is 2.33. The van der Waals surface area contributed by atoms with Gasteiger partial charge in [0, 0.05) is 6.92 Å². The second-order valence-electron chi connectivity index (χ2n) is 5.07. The van der Waals surface area contributed by atoms with Crippen LogP contribution >= 0.6 is 0 Å². The standard InChI is InChI=1S/C15H20O7/c1-9(17)21-13-12(18)11(7-16)22-15(19)14(13)20-8-10-5-3-2-4-6-10/h2-6,11-16,18-19H,7-8H2,1H3/t11-,12-,13+,14-,15-/m1/s1. The molecule has 0 radical (unpaired) electrons. The highest BCUT2D eigenvalue weighted by molar-refractivity contribution is 5.66. The molecule has 1 heterocycles. The molecule has 0 amide bonds. The average Bonchev–Trinajstić information content (AvgIpc) is 2.50. The molecule has 22 heavy (non-hydrogen) atoms. The Morgan fingerprint density at radius 1 is 1.23 bits per heavy atom. The van der Waals surface area contributed by atoms with Gasteiger partial charge in [-0.25, -0.2) is 0 Å². The Balaban J connectivity index is 2.09. The van der Waals surface area contributed by atoms with Gasteiger partial charge in [0.25, 0.3) is 0 Å². The predicted octanol–water partition coefficient (Wildman–Crippen LogP) is -0.426. The van der Waals surface area contributed by atoms with Crippen molar-refractivity contribution >= 4 is 5.97 Å². The molecule has 0 saturated carbocycles. The van der Waals surface area contributed by atoms with Gasteiger partial charge in [0.05, 0.1) is 13.2 Å². The summed E-state index contributed by atoms with van der Waals surface area (Å²) in [6.07, 6.45) is -5.94. The van der Waals surface area contributed by atoms with E-state index < -0.39 is 43.3 Å². The van der Waals surface area contributed by atoms with Crippen LogP contribution in [0.3, 0.4) is 0 Å². The Morgan fingerprint density at radius 2 is 1.91 bits per heavy atom. The van der Waals surface area contributed by atoms with Crippen molar-refractivity contribution in [2.24, 2.45) is 0 Å². The van der Waals surface area contributed by atoms with Gasteiger partial charge < -0.3 is 29.5 Å². The molecule has 0 spiro atoms. The first-order valence-corrected chi connectivity index (χ1v) is 6.98. The number of rotatable bonds is 5. The summed E-state index contributed by atoms with van der Waals surface area (Å²) in [4.78, 5) is 11.2. The van der Waals surface area contributed by atoms with Gasteiger partial charge in [0.15, 0.2) is 12.4 Å². The molecule has 2 rings (SSSR count). The first kappa shape index (κ1) is 16.9. The highest BCUT2D eigenvalue weighted by atomic mass is 16.7. The molecule has 0 aliphatic carbocycles. The topological polar surface area (TPSA) is 105 Å². The Hall–Kier alpha value is -1.51. The first-order chi connectivity index (χ1) is 10.5. The number of aliphatic hydroxyl groups is 3. The lowest BCUT2D eigenvalue weighted by Crippen LogP contribution is -2.60. The van der Waals surface area contributed by atoms with E-state index in [0.717, 1.165) is 5.56 Å². The molecule has 1 saturated heterocycles. The quantitative estimate of drug-likeness (QED) is 0.634. The van der Waals surface area contributed by atoms with Crippen LogP contribution in [0.15, 0.2) is 30.3 Å². The van der Waals surface area contributed by atoms with Crippen LogP contribution in [0.2, 0.25) is 0 Å². The second-order valence-corrected chi connectivity index (χ2v) is 5.07. The minimum atomic E-state index is -1.42. The lowest BCUT2D eigenvalue weighted by atomic mass is 9.98. The minimum Gasteiger partial charge on any atom is -0.457 e. The van der Waals surface area contributed by atoms with Crippen molar-refractivity contribution in [2.45, 2.75) is 44.2 Å². The number of carbonyl (C=O) groups is 1. The van der Waals surface area contributed by atoms with E-state index in [-0.39, 0.29) is 6.61 Å². The van der Waals surface area contributed by atoms with Crippen molar-refractivity contribution in [3.8, 4) is 0 Å². The van der Waals surface area contributed by atoms with Crippen molar-refractivity contribution in [1.82, 2.24) is 0 Å². The molecule has 0 unspecified atom stereocenters. The summed E-state index contributed by atoms with van der Waals surface area (Å²) in [6, 6.07) is 9.21. The third-order valence-electron chi connectivity index (χ3n) is 3.40. The molecule has 7 nitrogen and oxygen atoms in total. The summed E-state index contributed by atoms with van der Waals surface area (Å²) in [5.41, 5.74) is 0.857. The van der Waals surface area contributed by atoms with E-state index in [2.05, 4.69) is 0 Å². The molecule has 1 fully saturated rings. The zero-order chi connectivity index (χ0) is 16.1.